The molecule has 3 unspecified atom stereocenters. The molecule has 4 heteroatoms. The first-order chi connectivity index (χ1) is 7.66. The van der Waals surface area contributed by atoms with E-state index in [-0.39, 0.29) is 0 Å². The monoisotopic (exact) mass is 226 g/mol. The Hall–Kier alpha value is -0.610. The molecule has 1 amide bonds. The summed E-state index contributed by atoms with van der Waals surface area (Å²) >= 11 is 0. The van der Waals surface area contributed by atoms with Crippen molar-refractivity contribution in [1.82, 2.24) is 10.2 Å². The van der Waals surface area contributed by atoms with Crippen LogP contribution in [0.2, 0.25) is 0 Å². The molecule has 0 saturated carbocycles. The van der Waals surface area contributed by atoms with E-state index in [2.05, 4.69) is 19.2 Å². The lowest BCUT2D eigenvalue weighted by atomic mass is 10.1. The Morgan fingerprint density at radius 2 is 2.44 bits per heavy atom. The summed E-state index contributed by atoms with van der Waals surface area (Å²) in [5.41, 5.74) is 0. The second-order valence-corrected chi connectivity index (χ2v) is 4.98. The zero-order valence-corrected chi connectivity index (χ0v) is 10.2. The number of nitrogens with zero attached hydrogens (tertiary/aromatic N) is 1. The van der Waals surface area contributed by atoms with Crippen molar-refractivity contribution in [3.63, 3.8) is 0 Å². The number of likely N-dealkylation sites (tertiary alicyclic amines) is 1. The molecule has 1 N–H and O–H groups in total. The predicted octanol–water partition coefficient (Wildman–Crippen LogP) is 0.764. The van der Waals surface area contributed by atoms with Crippen LogP contribution in [0.25, 0.3) is 0 Å². The molecule has 0 spiro atoms. The molecular weight excluding hydrogens is 204 g/mol. The Morgan fingerprint density at radius 1 is 1.62 bits per heavy atom. The fourth-order valence-corrected chi connectivity index (χ4v) is 2.60. The predicted molar refractivity (Wildman–Crippen MR) is 62.2 cm³/mol. The van der Waals surface area contributed by atoms with E-state index in [1.54, 1.807) is 0 Å². The molecular formula is C12H22N2O2. The number of ether oxygens (including phenoxy) is 1. The fraction of sp³-hybridized carbons (Fsp3) is 0.917. The van der Waals surface area contributed by atoms with E-state index in [0.717, 1.165) is 39.0 Å². The van der Waals surface area contributed by atoms with Crippen molar-refractivity contribution < 1.29 is 9.53 Å². The second kappa shape index (κ2) is 5.15. The lowest BCUT2D eigenvalue weighted by molar-refractivity contribution is -0.128. The summed E-state index contributed by atoms with van der Waals surface area (Å²) in [6, 6.07) is 0.809. The number of hydrogen-bond acceptors (Lipinski definition) is 3. The molecule has 0 aliphatic carbocycles. The second-order valence-electron chi connectivity index (χ2n) is 4.98. The van der Waals surface area contributed by atoms with E-state index in [1.165, 1.54) is 0 Å². The first kappa shape index (κ1) is 11.9. The van der Waals surface area contributed by atoms with Gasteiger partial charge in [-0.1, -0.05) is 0 Å². The van der Waals surface area contributed by atoms with Gasteiger partial charge in [-0.2, -0.15) is 0 Å². The third-order valence-electron chi connectivity index (χ3n) is 3.54. The molecule has 0 aromatic heterocycles. The van der Waals surface area contributed by atoms with Gasteiger partial charge in [-0.05, 0) is 26.7 Å². The minimum atomic E-state index is 0.303. The molecule has 2 aliphatic rings. The lowest BCUT2D eigenvalue weighted by Gasteiger charge is -2.25. The maximum atomic E-state index is 11.5. The van der Waals surface area contributed by atoms with Crippen molar-refractivity contribution >= 4 is 5.91 Å². The molecule has 16 heavy (non-hydrogen) atoms. The third-order valence-corrected chi connectivity index (χ3v) is 3.54. The number of carbonyl (C=O) groups is 1. The van der Waals surface area contributed by atoms with Crippen LogP contribution in [-0.4, -0.2) is 48.7 Å². The topological polar surface area (TPSA) is 41.6 Å². The van der Waals surface area contributed by atoms with E-state index in [9.17, 15) is 4.79 Å². The van der Waals surface area contributed by atoms with Gasteiger partial charge in [0.1, 0.15) is 0 Å². The Labute approximate surface area is 97.3 Å². The van der Waals surface area contributed by atoms with Gasteiger partial charge in [-0.15, -0.1) is 0 Å². The van der Waals surface area contributed by atoms with Crippen LogP contribution in [0.15, 0.2) is 0 Å². The number of nitrogens with one attached hydrogen (secondary N) is 1. The SMILES string of the molecule is CC(CN1CCCC1=O)NC1CCOC1C. The first-order valence-electron chi connectivity index (χ1n) is 6.32. The van der Waals surface area contributed by atoms with Crippen LogP contribution in [0, 0.1) is 0 Å². The van der Waals surface area contributed by atoms with Crippen molar-refractivity contribution in [1.29, 1.82) is 0 Å². The van der Waals surface area contributed by atoms with Gasteiger partial charge in [-0.25, -0.2) is 0 Å². The highest BCUT2D eigenvalue weighted by atomic mass is 16.5. The average Bonchev–Trinajstić information content (AvgIpc) is 2.79. The normalized spacial score (nSPS) is 32.4. The number of rotatable bonds is 4. The summed E-state index contributed by atoms with van der Waals surface area (Å²) in [7, 11) is 0. The van der Waals surface area contributed by atoms with Gasteiger partial charge in [0.05, 0.1) is 6.10 Å². The number of carbonyl (C=O) groups excluding carboxylic acids is 1. The van der Waals surface area contributed by atoms with Crippen LogP contribution in [0.4, 0.5) is 0 Å². The van der Waals surface area contributed by atoms with E-state index < -0.39 is 0 Å². The Bertz CT molecular complexity index is 257. The smallest absolute Gasteiger partial charge is 0.222 e. The van der Waals surface area contributed by atoms with Gasteiger partial charge >= 0.3 is 0 Å². The van der Waals surface area contributed by atoms with Crippen LogP contribution in [-0.2, 0) is 9.53 Å². The van der Waals surface area contributed by atoms with E-state index in [4.69, 9.17) is 4.74 Å². The van der Waals surface area contributed by atoms with Gasteiger partial charge in [0.25, 0.3) is 0 Å². The van der Waals surface area contributed by atoms with Crippen LogP contribution < -0.4 is 5.32 Å². The lowest BCUT2D eigenvalue weighted by Crippen LogP contribution is -2.46. The highest BCUT2D eigenvalue weighted by molar-refractivity contribution is 5.78. The Kier molecular flexibility index (Phi) is 3.82. The maximum Gasteiger partial charge on any atom is 0.222 e. The first-order valence-corrected chi connectivity index (χ1v) is 6.32. The van der Waals surface area contributed by atoms with Crippen molar-refractivity contribution in [2.24, 2.45) is 0 Å². The summed E-state index contributed by atoms with van der Waals surface area (Å²) in [4.78, 5) is 13.5. The summed E-state index contributed by atoms with van der Waals surface area (Å²) in [6.45, 7) is 6.88. The van der Waals surface area contributed by atoms with Gasteiger partial charge in [0.15, 0.2) is 0 Å². The fourth-order valence-electron chi connectivity index (χ4n) is 2.60. The molecule has 3 atom stereocenters. The van der Waals surface area contributed by atoms with Crippen LogP contribution in [0.3, 0.4) is 0 Å². The van der Waals surface area contributed by atoms with Gasteiger partial charge in [0.2, 0.25) is 5.91 Å². The Balaban J connectivity index is 1.75. The summed E-state index contributed by atoms with van der Waals surface area (Å²) < 4.78 is 5.51. The molecule has 2 saturated heterocycles. The molecule has 0 aromatic rings. The van der Waals surface area contributed by atoms with Crippen molar-refractivity contribution in [2.75, 3.05) is 19.7 Å². The largest absolute Gasteiger partial charge is 0.377 e. The van der Waals surface area contributed by atoms with Gasteiger partial charge < -0.3 is 15.0 Å². The minimum Gasteiger partial charge on any atom is -0.377 e. The summed E-state index contributed by atoms with van der Waals surface area (Å²) in [5.74, 6) is 0.310. The quantitative estimate of drug-likeness (QED) is 0.769. The molecule has 0 bridgehead atoms. The van der Waals surface area contributed by atoms with Crippen LogP contribution in [0.5, 0.6) is 0 Å². The number of hydrogen-bond donors (Lipinski definition) is 1. The minimum absolute atomic E-state index is 0.303. The van der Waals surface area contributed by atoms with Crippen LogP contribution in [0.1, 0.15) is 33.1 Å². The molecule has 2 aliphatic heterocycles. The van der Waals surface area contributed by atoms with E-state index in [0.29, 0.717) is 24.1 Å². The zero-order valence-electron chi connectivity index (χ0n) is 10.2. The maximum absolute atomic E-state index is 11.5. The molecule has 2 fully saturated rings. The van der Waals surface area contributed by atoms with Gasteiger partial charge in [-0.3, -0.25) is 4.79 Å². The van der Waals surface area contributed by atoms with E-state index in [1.807, 2.05) is 4.90 Å². The highest BCUT2D eigenvalue weighted by Crippen LogP contribution is 2.14. The third kappa shape index (κ3) is 2.74. The molecule has 0 radical (unpaired) electrons. The Morgan fingerprint density at radius 3 is 3.00 bits per heavy atom. The molecule has 0 aromatic carbocycles. The van der Waals surface area contributed by atoms with Crippen molar-refractivity contribution in [3.05, 3.63) is 0 Å². The molecule has 2 heterocycles. The van der Waals surface area contributed by atoms with E-state index >= 15 is 0 Å². The van der Waals surface area contributed by atoms with Gasteiger partial charge in [0, 0.05) is 38.2 Å². The highest BCUT2D eigenvalue weighted by Gasteiger charge is 2.27. The van der Waals surface area contributed by atoms with Crippen LogP contribution >= 0.6 is 0 Å². The summed E-state index contributed by atoms with van der Waals surface area (Å²) in [6.07, 6.45) is 3.14. The molecule has 4 nitrogen and oxygen atoms in total. The zero-order chi connectivity index (χ0) is 11.5. The summed E-state index contributed by atoms with van der Waals surface area (Å²) in [5, 5.41) is 3.56. The standard InChI is InChI=1S/C12H22N2O2/c1-9(8-14-6-3-4-12(14)15)13-11-5-7-16-10(11)2/h9-11,13H,3-8H2,1-2H3. The van der Waals surface area contributed by atoms with Crippen molar-refractivity contribution in [2.45, 2.75) is 51.3 Å². The number of amides is 1. The van der Waals surface area contributed by atoms with Crippen molar-refractivity contribution in [3.8, 4) is 0 Å². The molecule has 92 valence electrons. The molecule has 2 rings (SSSR count). The average molecular weight is 226 g/mol.